The third kappa shape index (κ3) is 9.09. The van der Waals surface area contributed by atoms with Crippen molar-refractivity contribution in [2.45, 2.75) is 74.1 Å². The number of aliphatic carboxylic acids is 1. The molecule has 3 nitrogen and oxygen atoms in total. The summed E-state index contributed by atoms with van der Waals surface area (Å²) in [5.74, 6) is -0.737. The molecule has 35 heavy (non-hydrogen) atoms. The SMILES string of the molecule is C/C=C(\C)c1cc(-c2ccccc2)c(C)n1-c1ccc(CCCC(=O)O)cc1.C/C=C\CC.CC. The van der Waals surface area contributed by atoms with Crippen LogP contribution in [-0.4, -0.2) is 15.6 Å². The Labute approximate surface area is 212 Å². The van der Waals surface area contributed by atoms with E-state index in [1.54, 1.807) is 0 Å². The van der Waals surface area contributed by atoms with E-state index in [9.17, 15) is 4.79 Å². The lowest BCUT2D eigenvalue weighted by Crippen LogP contribution is -2.01. The normalized spacial score (nSPS) is 10.9. The lowest BCUT2D eigenvalue weighted by molar-refractivity contribution is -0.137. The standard InChI is InChI=1S/C25H27NO2.C5H10.C2H6/c1-4-18(2)24-17-23(21-10-6-5-7-11-21)19(3)26(24)22-15-13-20(14-16-22)9-8-12-25(27)28;1-3-5-4-2;1-2/h4-7,10-11,13-17H,8-9,12H2,1-3H3,(H,27,28);3,5H,4H2,1-2H3;1-2H3/b18-4+;5-3-;. The molecule has 0 bridgehead atoms. The maximum atomic E-state index is 10.7. The lowest BCUT2D eigenvalue weighted by Gasteiger charge is -2.13. The molecule has 188 valence electrons. The van der Waals surface area contributed by atoms with E-state index in [-0.39, 0.29) is 6.42 Å². The van der Waals surface area contributed by atoms with Gasteiger partial charge >= 0.3 is 5.97 Å². The number of aromatic nitrogens is 1. The molecule has 3 rings (SSSR count). The molecule has 0 fully saturated rings. The molecule has 1 heterocycles. The minimum Gasteiger partial charge on any atom is -0.481 e. The second-order valence-corrected chi connectivity index (χ2v) is 8.09. The molecule has 0 radical (unpaired) electrons. The van der Waals surface area contributed by atoms with Gasteiger partial charge in [-0.3, -0.25) is 4.79 Å². The Bertz CT molecular complexity index is 1070. The van der Waals surface area contributed by atoms with E-state index in [0.29, 0.717) is 6.42 Å². The van der Waals surface area contributed by atoms with E-state index in [1.165, 1.54) is 33.7 Å². The van der Waals surface area contributed by atoms with E-state index in [0.717, 1.165) is 18.5 Å². The first kappa shape index (κ1) is 29.7. The molecule has 3 heteroatoms. The Morgan fingerprint density at radius 1 is 1.00 bits per heavy atom. The first-order valence-electron chi connectivity index (χ1n) is 12.8. The Morgan fingerprint density at radius 2 is 1.63 bits per heavy atom. The van der Waals surface area contributed by atoms with Crippen molar-refractivity contribution in [3.05, 3.63) is 95.8 Å². The summed E-state index contributed by atoms with van der Waals surface area (Å²) < 4.78 is 2.30. The van der Waals surface area contributed by atoms with Crippen molar-refractivity contribution in [1.82, 2.24) is 4.57 Å². The first-order chi connectivity index (χ1) is 16.9. The van der Waals surface area contributed by atoms with Gasteiger partial charge in [0.1, 0.15) is 0 Å². The van der Waals surface area contributed by atoms with Crippen molar-refractivity contribution in [3.63, 3.8) is 0 Å². The van der Waals surface area contributed by atoms with Gasteiger partial charge in [-0.1, -0.05) is 81.5 Å². The van der Waals surface area contributed by atoms with Crippen LogP contribution in [-0.2, 0) is 11.2 Å². The number of carbonyl (C=O) groups is 1. The second kappa shape index (κ2) is 16.3. The maximum absolute atomic E-state index is 10.7. The van der Waals surface area contributed by atoms with Crippen LogP contribution in [0.3, 0.4) is 0 Å². The third-order valence-corrected chi connectivity index (χ3v) is 5.69. The van der Waals surface area contributed by atoms with E-state index < -0.39 is 5.97 Å². The number of allylic oxidation sites excluding steroid dienone is 4. The number of aryl methyl sites for hydroxylation is 1. The maximum Gasteiger partial charge on any atom is 0.303 e. The summed E-state index contributed by atoms with van der Waals surface area (Å²) in [6, 6.07) is 21.2. The predicted octanol–water partition coefficient (Wildman–Crippen LogP) is 9.28. The largest absolute Gasteiger partial charge is 0.481 e. The topological polar surface area (TPSA) is 42.2 Å². The quantitative estimate of drug-likeness (QED) is 0.331. The van der Waals surface area contributed by atoms with Crippen molar-refractivity contribution in [1.29, 1.82) is 0 Å². The molecular weight excluding hydrogens is 430 g/mol. The highest BCUT2D eigenvalue weighted by Crippen LogP contribution is 2.32. The molecule has 3 aromatic rings. The van der Waals surface area contributed by atoms with Crippen molar-refractivity contribution >= 4 is 11.5 Å². The zero-order chi connectivity index (χ0) is 26.2. The molecule has 0 saturated heterocycles. The molecule has 0 atom stereocenters. The fourth-order valence-electron chi connectivity index (χ4n) is 3.78. The van der Waals surface area contributed by atoms with Crippen molar-refractivity contribution in [2.24, 2.45) is 0 Å². The van der Waals surface area contributed by atoms with Gasteiger partial charge in [-0.2, -0.15) is 0 Å². The Morgan fingerprint density at radius 3 is 2.11 bits per heavy atom. The summed E-state index contributed by atoms with van der Waals surface area (Å²) in [4.78, 5) is 10.7. The number of benzene rings is 2. The van der Waals surface area contributed by atoms with Crippen LogP contribution in [0, 0.1) is 6.92 Å². The van der Waals surface area contributed by atoms with Crippen LogP contribution in [0.15, 0.2) is 78.9 Å². The van der Waals surface area contributed by atoms with E-state index in [4.69, 9.17) is 5.11 Å². The van der Waals surface area contributed by atoms with Gasteiger partial charge in [-0.25, -0.2) is 0 Å². The Kier molecular flexibility index (Phi) is 13.9. The number of carboxylic acids is 1. The average molecular weight is 474 g/mol. The van der Waals surface area contributed by atoms with Crippen LogP contribution in [0.1, 0.15) is 77.8 Å². The molecule has 0 spiro atoms. The van der Waals surface area contributed by atoms with Gasteiger partial charge in [0.25, 0.3) is 0 Å². The van der Waals surface area contributed by atoms with E-state index in [2.05, 4.69) is 105 Å². The Hall–Kier alpha value is -3.33. The number of hydrogen-bond donors (Lipinski definition) is 1. The van der Waals surface area contributed by atoms with Gasteiger partial charge in [0.2, 0.25) is 0 Å². The van der Waals surface area contributed by atoms with Crippen molar-refractivity contribution in [3.8, 4) is 16.8 Å². The first-order valence-corrected chi connectivity index (χ1v) is 12.8. The fourth-order valence-corrected chi connectivity index (χ4v) is 3.78. The average Bonchev–Trinajstić information content (AvgIpc) is 3.23. The molecule has 0 saturated carbocycles. The molecule has 0 amide bonds. The molecule has 0 aliphatic rings. The predicted molar refractivity (Wildman–Crippen MR) is 152 cm³/mol. The molecule has 0 aliphatic carbocycles. The van der Waals surface area contributed by atoms with E-state index >= 15 is 0 Å². The highest BCUT2D eigenvalue weighted by Gasteiger charge is 2.15. The van der Waals surface area contributed by atoms with Crippen molar-refractivity contribution < 1.29 is 9.90 Å². The summed E-state index contributed by atoms with van der Waals surface area (Å²) in [6.07, 6.45) is 9.14. The molecule has 1 aromatic heterocycles. The summed E-state index contributed by atoms with van der Waals surface area (Å²) >= 11 is 0. The number of hydrogen-bond acceptors (Lipinski definition) is 1. The third-order valence-electron chi connectivity index (χ3n) is 5.69. The minimum absolute atomic E-state index is 0.212. The number of carboxylic acid groups (broad SMARTS) is 1. The summed E-state index contributed by atoms with van der Waals surface area (Å²) in [7, 11) is 0. The van der Waals surface area contributed by atoms with Gasteiger partial charge in [0.05, 0.1) is 0 Å². The molecular formula is C32H43NO2. The van der Waals surface area contributed by atoms with Crippen LogP contribution < -0.4 is 0 Å². The smallest absolute Gasteiger partial charge is 0.303 e. The highest BCUT2D eigenvalue weighted by molar-refractivity contribution is 5.75. The summed E-state index contributed by atoms with van der Waals surface area (Å²) in [5, 5.41) is 8.81. The van der Waals surface area contributed by atoms with Gasteiger partial charge in [-0.15, -0.1) is 0 Å². The summed E-state index contributed by atoms with van der Waals surface area (Å²) in [5.41, 5.74) is 8.38. The zero-order valence-corrected chi connectivity index (χ0v) is 22.6. The second-order valence-electron chi connectivity index (χ2n) is 8.09. The molecule has 1 N–H and O–H groups in total. The molecule has 0 unspecified atom stereocenters. The summed E-state index contributed by atoms with van der Waals surface area (Å²) in [6.45, 7) is 14.5. The van der Waals surface area contributed by atoms with Crippen LogP contribution in [0.5, 0.6) is 0 Å². The van der Waals surface area contributed by atoms with Crippen LogP contribution in [0.25, 0.3) is 22.4 Å². The highest BCUT2D eigenvalue weighted by atomic mass is 16.4. The van der Waals surface area contributed by atoms with Gasteiger partial charge in [0.15, 0.2) is 0 Å². The minimum atomic E-state index is -0.737. The lowest BCUT2D eigenvalue weighted by atomic mass is 10.1. The molecule has 0 aliphatic heterocycles. The van der Waals surface area contributed by atoms with Crippen LogP contribution in [0.4, 0.5) is 0 Å². The van der Waals surface area contributed by atoms with Gasteiger partial charge < -0.3 is 9.67 Å². The number of rotatable bonds is 8. The van der Waals surface area contributed by atoms with Crippen LogP contribution in [0.2, 0.25) is 0 Å². The van der Waals surface area contributed by atoms with E-state index in [1.807, 2.05) is 26.8 Å². The number of nitrogens with zero attached hydrogens (tertiary/aromatic N) is 1. The Balaban J connectivity index is 0.000000779. The zero-order valence-electron chi connectivity index (χ0n) is 22.6. The fraction of sp³-hybridized carbons (Fsp3) is 0.344. The molecule has 2 aromatic carbocycles. The van der Waals surface area contributed by atoms with Gasteiger partial charge in [0, 0.05) is 29.1 Å². The monoisotopic (exact) mass is 473 g/mol. The van der Waals surface area contributed by atoms with Gasteiger partial charge in [-0.05, 0) is 81.9 Å². The van der Waals surface area contributed by atoms with Crippen molar-refractivity contribution in [2.75, 3.05) is 0 Å². The van der Waals surface area contributed by atoms with Crippen LogP contribution >= 0.6 is 0 Å².